The quantitative estimate of drug-likeness (QED) is 0.765. The first-order valence-corrected chi connectivity index (χ1v) is 9.30. The zero-order valence-electron chi connectivity index (χ0n) is 13.5. The lowest BCUT2D eigenvalue weighted by atomic mass is 9.85. The Kier molecular flexibility index (Phi) is 6.23. The first-order chi connectivity index (χ1) is 11.4. The summed E-state index contributed by atoms with van der Waals surface area (Å²) in [4.78, 5) is 11.4. The molecule has 1 aromatic carbocycles. The van der Waals surface area contributed by atoms with Crippen LogP contribution in [-0.2, 0) is 14.8 Å². The number of rotatable bonds is 6. The van der Waals surface area contributed by atoms with E-state index in [0.717, 1.165) is 12.8 Å². The van der Waals surface area contributed by atoms with Crippen LogP contribution >= 0.6 is 0 Å². The number of ether oxygens (including phenoxy) is 1. The molecular weight excluding hydrogens is 330 g/mol. The van der Waals surface area contributed by atoms with E-state index in [4.69, 9.17) is 4.74 Å². The van der Waals surface area contributed by atoms with Crippen LogP contribution in [0.1, 0.15) is 32.6 Å². The lowest BCUT2D eigenvalue weighted by Gasteiger charge is -2.29. The summed E-state index contributed by atoms with van der Waals surface area (Å²) in [5, 5.41) is 9.25. The third-order valence-corrected chi connectivity index (χ3v) is 5.52. The Morgan fingerprint density at radius 3 is 2.58 bits per heavy atom. The van der Waals surface area contributed by atoms with Gasteiger partial charge in [-0.3, -0.25) is 4.79 Å². The normalized spacial score (nSPS) is 20.7. The molecule has 2 atom stereocenters. The highest BCUT2D eigenvalue weighted by Gasteiger charge is 2.33. The van der Waals surface area contributed by atoms with Gasteiger partial charge in [-0.25, -0.2) is 13.1 Å². The number of carbonyl (C=O) groups is 1. The molecule has 2 N–H and O–H groups in total. The van der Waals surface area contributed by atoms with Gasteiger partial charge in [0.1, 0.15) is 12.4 Å². The van der Waals surface area contributed by atoms with Crippen LogP contribution < -0.4 is 9.46 Å². The number of hydrogen-bond acceptors (Lipinski definition) is 4. The minimum Gasteiger partial charge on any atom is -0.481 e. The van der Waals surface area contributed by atoms with E-state index in [1.165, 1.54) is 12.1 Å². The highest BCUT2D eigenvalue weighted by molar-refractivity contribution is 7.89. The predicted octanol–water partition coefficient (Wildman–Crippen LogP) is 2.01. The molecule has 1 aliphatic carbocycles. The van der Waals surface area contributed by atoms with E-state index in [1.54, 1.807) is 19.1 Å². The van der Waals surface area contributed by atoms with E-state index in [0.29, 0.717) is 18.6 Å². The summed E-state index contributed by atoms with van der Waals surface area (Å²) in [6.45, 7) is 1.95. The first-order valence-electron chi connectivity index (χ1n) is 7.81. The second-order valence-electron chi connectivity index (χ2n) is 5.64. The molecule has 0 amide bonds. The zero-order valence-corrected chi connectivity index (χ0v) is 14.3. The maximum Gasteiger partial charge on any atom is 0.308 e. The highest BCUT2D eigenvalue weighted by atomic mass is 32.2. The highest BCUT2D eigenvalue weighted by Crippen LogP contribution is 2.26. The number of carboxylic acids is 1. The van der Waals surface area contributed by atoms with Crippen LogP contribution in [0, 0.1) is 17.8 Å². The third-order valence-electron chi connectivity index (χ3n) is 4.01. The van der Waals surface area contributed by atoms with Gasteiger partial charge in [-0.2, -0.15) is 0 Å². The average Bonchev–Trinajstić information content (AvgIpc) is 2.55. The lowest BCUT2D eigenvalue weighted by Crippen LogP contribution is -2.44. The van der Waals surface area contributed by atoms with Crippen LogP contribution in [0.15, 0.2) is 29.2 Å². The Morgan fingerprint density at radius 2 is 1.96 bits per heavy atom. The maximum atomic E-state index is 12.5. The van der Waals surface area contributed by atoms with E-state index in [1.807, 2.05) is 0 Å². The Bertz CT molecular complexity index is 730. The molecule has 0 heterocycles. The SMILES string of the molecule is CC#CCOc1ccc(S(=O)(=O)N[C@H]2CCCC[C@H]2C(=O)O)cc1. The predicted molar refractivity (Wildman–Crippen MR) is 89.1 cm³/mol. The molecule has 0 unspecified atom stereocenters. The summed E-state index contributed by atoms with van der Waals surface area (Å²) in [6, 6.07) is 5.42. The van der Waals surface area contributed by atoms with Gasteiger partial charge in [-0.15, -0.1) is 5.92 Å². The van der Waals surface area contributed by atoms with Crippen LogP contribution in [-0.4, -0.2) is 32.1 Å². The van der Waals surface area contributed by atoms with E-state index in [9.17, 15) is 18.3 Å². The minimum atomic E-state index is -3.77. The van der Waals surface area contributed by atoms with Crippen molar-refractivity contribution >= 4 is 16.0 Å². The van der Waals surface area contributed by atoms with E-state index >= 15 is 0 Å². The van der Waals surface area contributed by atoms with Crippen molar-refractivity contribution in [3.05, 3.63) is 24.3 Å². The molecule has 2 rings (SSSR count). The van der Waals surface area contributed by atoms with Crippen LogP contribution in [0.4, 0.5) is 0 Å². The largest absolute Gasteiger partial charge is 0.481 e. The van der Waals surface area contributed by atoms with Crippen molar-refractivity contribution in [1.82, 2.24) is 4.72 Å². The molecule has 0 bridgehead atoms. The fourth-order valence-corrected chi connectivity index (χ4v) is 4.05. The van der Waals surface area contributed by atoms with Crippen LogP contribution in [0.3, 0.4) is 0 Å². The van der Waals surface area contributed by atoms with E-state index < -0.39 is 28.0 Å². The molecule has 7 heteroatoms. The van der Waals surface area contributed by atoms with Gasteiger partial charge in [0.2, 0.25) is 10.0 Å². The van der Waals surface area contributed by atoms with Gasteiger partial charge in [0.15, 0.2) is 0 Å². The van der Waals surface area contributed by atoms with Crippen LogP contribution in [0.2, 0.25) is 0 Å². The van der Waals surface area contributed by atoms with Gasteiger partial charge in [-0.1, -0.05) is 18.8 Å². The number of carboxylic acid groups (broad SMARTS) is 1. The van der Waals surface area contributed by atoms with Gasteiger partial charge < -0.3 is 9.84 Å². The maximum absolute atomic E-state index is 12.5. The number of nitrogens with one attached hydrogen (secondary N) is 1. The molecule has 0 saturated heterocycles. The summed E-state index contributed by atoms with van der Waals surface area (Å²) >= 11 is 0. The fraction of sp³-hybridized carbons (Fsp3) is 0.471. The van der Waals surface area contributed by atoms with Crippen molar-refractivity contribution < 1.29 is 23.1 Å². The molecule has 1 aromatic rings. The van der Waals surface area contributed by atoms with E-state index in [2.05, 4.69) is 16.6 Å². The first kappa shape index (κ1) is 18.3. The van der Waals surface area contributed by atoms with Crippen LogP contribution in [0.25, 0.3) is 0 Å². The smallest absolute Gasteiger partial charge is 0.308 e. The Labute approximate surface area is 142 Å². The number of sulfonamides is 1. The fourth-order valence-electron chi connectivity index (χ4n) is 2.74. The van der Waals surface area contributed by atoms with Gasteiger partial charge in [0.05, 0.1) is 10.8 Å². The van der Waals surface area contributed by atoms with Gasteiger partial charge in [0, 0.05) is 6.04 Å². The average molecular weight is 351 g/mol. The molecule has 1 fully saturated rings. The summed E-state index contributed by atoms with van der Waals surface area (Å²) < 4.78 is 32.8. The summed E-state index contributed by atoms with van der Waals surface area (Å²) in [5.74, 6) is 4.35. The number of hydrogen-bond donors (Lipinski definition) is 2. The van der Waals surface area contributed by atoms with Crippen molar-refractivity contribution in [2.24, 2.45) is 5.92 Å². The second kappa shape index (κ2) is 8.18. The third kappa shape index (κ3) is 4.73. The number of aliphatic carboxylic acids is 1. The second-order valence-corrected chi connectivity index (χ2v) is 7.36. The monoisotopic (exact) mass is 351 g/mol. The molecule has 1 aliphatic rings. The van der Waals surface area contributed by atoms with E-state index in [-0.39, 0.29) is 11.5 Å². The van der Waals surface area contributed by atoms with Crippen molar-refractivity contribution in [2.75, 3.05) is 6.61 Å². The molecule has 0 radical (unpaired) electrons. The Balaban J connectivity index is 2.08. The van der Waals surface area contributed by atoms with Crippen molar-refractivity contribution in [3.63, 3.8) is 0 Å². The number of benzene rings is 1. The van der Waals surface area contributed by atoms with Crippen LogP contribution in [0.5, 0.6) is 5.75 Å². The molecular formula is C17H21NO5S. The molecule has 6 nitrogen and oxygen atoms in total. The Hall–Kier alpha value is -2.04. The molecule has 1 saturated carbocycles. The standard InChI is InChI=1S/C17H21NO5S/c1-2-3-12-23-13-8-10-14(11-9-13)24(21,22)18-16-7-5-4-6-15(16)17(19)20/h8-11,15-16,18H,4-7,12H2,1H3,(H,19,20)/t15-,16+/m1/s1. The van der Waals surface area contributed by atoms with Crippen molar-refractivity contribution in [1.29, 1.82) is 0 Å². The Morgan fingerprint density at radius 1 is 1.29 bits per heavy atom. The molecule has 0 aromatic heterocycles. The zero-order chi connectivity index (χ0) is 17.6. The van der Waals surface area contributed by atoms with Gasteiger partial charge in [-0.05, 0) is 44.0 Å². The van der Waals surface area contributed by atoms with Gasteiger partial charge in [0.25, 0.3) is 0 Å². The summed E-state index contributed by atoms with van der Waals surface area (Å²) in [6.07, 6.45) is 2.66. The van der Waals surface area contributed by atoms with Crippen molar-refractivity contribution in [2.45, 2.75) is 43.5 Å². The summed E-state index contributed by atoms with van der Waals surface area (Å²) in [5.41, 5.74) is 0. The van der Waals surface area contributed by atoms with Crippen molar-refractivity contribution in [3.8, 4) is 17.6 Å². The topological polar surface area (TPSA) is 92.7 Å². The van der Waals surface area contributed by atoms with Gasteiger partial charge >= 0.3 is 5.97 Å². The minimum absolute atomic E-state index is 0.0890. The summed E-state index contributed by atoms with van der Waals surface area (Å²) in [7, 11) is -3.77. The molecule has 24 heavy (non-hydrogen) atoms. The molecule has 0 spiro atoms. The lowest BCUT2D eigenvalue weighted by molar-refractivity contribution is -0.143. The molecule has 0 aliphatic heterocycles. The molecule has 130 valence electrons.